The standard InChI is InChI=1S/C21H19F2N3O2/c1-24-8-10-25(11-9-24)20(27)17-13-26(19-7-6-14(22)12-18(19)23)21(28)16-5-3-2-4-15(16)17/h2-7,12-13H,8-11H2,1H3/p+1. The number of carbonyl (C=O) groups excluding carboxylic acids is 1. The van der Waals surface area contributed by atoms with E-state index in [-0.39, 0.29) is 11.6 Å². The van der Waals surface area contributed by atoms with Gasteiger partial charge in [-0.1, -0.05) is 18.2 Å². The summed E-state index contributed by atoms with van der Waals surface area (Å²) in [6, 6.07) is 9.80. The second kappa shape index (κ2) is 7.16. The summed E-state index contributed by atoms with van der Waals surface area (Å²) in [4.78, 5) is 29.2. The van der Waals surface area contributed by atoms with Gasteiger partial charge in [0.1, 0.15) is 11.6 Å². The van der Waals surface area contributed by atoms with Gasteiger partial charge in [-0.3, -0.25) is 14.2 Å². The summed E-state index contributed by atoms with van der Waals surface area (Å²) < 4.78 is 28.7. The van der Waals surface area contributed by atoms with Crippen LogP contribution in [0.1, 0.15) is 10.4 Å². The van der Waals surface area contributed by atoms with Gasteiger partial charge in [0.15, 0.2) is 0 Å². The number of benzene rings is 2. The smallest absolute Gasteiger partial charge is 0.263 e. The predicted molar refractivity (Wildman–Crippen MR) is 102 cm³/mol. The van der Waals surface area contributed by atoms with Crippen molar-refractivity contribution in [1.82, 2.24) is 9.47 Å². The van der Waals surface area contributed by atoms with Crippen LogP contribution in [0.15, 0.2) is 53.5 Å². The molecule has 0 unspecified atom stereocenters. The maximum absolute atomic E-state index is 14.3. The Bertz CT molecular complexity index is 1120. The zero-order valence-electron chi connectivity index (χ0n) is 15.4. The number of rotatable bonds is 2. The van der Waals surface area contributed by atoms with E-state index in [9.17, 15) is 18.4 Å². The molecule has 0 atom stereocenters. The zero-order chi connectivity index (χ0) is 19.8. The van der Waals surface area contributed by atoms with E-state index in [1.807, 2.05) is 0 Å². The first-order valence-corrected chi connectivity index (χ1v) is 9.16. The molecule has 3 aromatic rings. The van der Waals surface area contributed by atoms with Gasteiger partial charge >= 0.3 is 0 Å². The van der Waals surface area contributed by atoms with Crippen molar-refractivity contribution in [3.8, 4) is 5.69 Å². The lowest BCUT2D eigenvalue weighted by Gasteiger charge is -2.30. The van der Waals surface area contributed by atoms with Gasteiger partial charge in [0.25, 0.3) is 11.5 Å². The number of aromatic nitrogens is 1. The molecule has 0 aliphatic carbocycles. The molecule has 0 radical (unpaired) electrons. The lowest BCUT2D eigenvalue weighted by Crippen LogP contribution is -3.12. The molecular formula is C21H20F2N3O2+. The SMILES string of the molecule is C[NH+]1CCN(C(=O)c2cn(-c3ccc(F)cc3F)c(=O)c3ccccc23)CC1. The molecule has 1 fully saturated rings. The summed E-state index contributed by atoms with van der Waals surface area (Å²) in [5.41, 5.74) is -0.215. The molecule has 4 rings (SSSR count). The number of pyridine rings is 1. The first-order valence-electron chi connectivity index (χ1n) is 9.16. The average molecular weight is 384 g/mol. The number of quaternary nitrogens is 1. The van der Waals surface area contributed by atoms with Gasteiger partial charge < -0.3 is 9.80 Å². The molecule has 1 aromatic heterocycles. The zero-order valence-corrected chi connectivity index (χ0v) is 15.4. The number of amides is 1. The summed E-state index contributed by atoms with van der Waals surface area (Å²) >= 11 is 0. The molecule has 0 spiro atoms. The molecule has 5 nitrogen and oxygen atoms in total. The van der Waals surface area contributed by atoms with E-state index >= 15 is 0 Å². The van der Waals surface area contributed by atoms with Crippen LogP contribution >= 0.6 is 0 Å². The fourth-order valence-electron chi connectivity index (χ4n) is 3.58. The Hall–Kier alpha value is -3.06. The van der Waals surface area contributed by atoms with Crippen LogP contribution in [-0.2, 0) is 0 Å². The van der Waals surface area contributed by atoms with Crippen molar-refractivity contribution in [3.05, 3.63) is 76.2 Å². The average Bonchev–Trinajstić information content (AvgIpc) is 2.69. The Morgan fingerprint density at radius 3 is 2.39 bits per heavy atom. The van der Waals surface area contributed by atoms with Crippen LogP contribution in [0, 0.1) is 11.6 Å². The molecule has 1 N–H and O–H groups in total. The molecule has 7 heteroatoms. The Balaban J connectivity index is 1.90. The number of hydrogen-bond donors (Lipinski definition) is 1. The highest BCUT2D eigenvalue weighted by molar-refractivity contribution is 6.06. The van der Waals surface area contributed by atoms with Gasteiger partial charge in [0, 0.05) is 23.0 Å². The first kappa shape index (κ1) is 18.3. The van der Waals surface area contributed by atoms with E-state index in [4.69, 9.17) is 0 Å². The van der Waals surface area contributed by atoms with Crippen LogP contribution in [0.25, 0.3) is 16.5 Å². The number of hydrogen-bond acceptors (Lipinski definition) is 2. The van der Waals surface area contributed by atoms with Crippen molar-refractivity contribution < 1.29 is 18.5 Å². The topological polar surface area (TPSA) is 46.8 Å². The van der Waals surface area contributed by atoms with Crippen molar-refractivity contribution in [2.24, 2.45) is 0 Å². The third-order valence-corrected chi connectivity index (χ3v) is 5.23. The lowest BCUT2D eigenvalue weighted by atomic mass is 10.1. The van der Waals surface area contributed by atoms with Crippen molar-refractivity contribution in [1.29, 1.82) is 0 Å². The van der Waals surface area contributed by atoms with Crippen LogP contribution in [-0.4, -0.2) is 48.6 Å². The van der Waals surface area contributed by atoms with E-state index in [0.29, 0.717) is 29.4 Å². The number of nitrogens with one attached hydrogen (secondary N) is 1. The van der Waals surface area contributed by atoms with E-state index in [2.05, 4.69) is 7.05 Å². The molecular weight excluding hydrogens is 364 g/mol. The van der Waals surface area contributed by atoms with Crippen LogP contribution in [0.5, 0.6) is 0 Å². The first-order chi connectivity index (χ1) is 13.5. The number of piperazine rings is 1. The number of fused-ring (bicyclic) bond motifs is 1. The van der Waals surface area contributed by atoms with Crippen LogP contribution in [0.3, 0.4) is 0 Å². The van der Waals surface area contributed by atoms with E-state index in [1.54, 1.807) is 29.2 Å². The number of carbonyl (C=O) groups is 1. The molecule has 0 saturated carbocycles. The fraction of sp³-hybridized carbons (Fsp3) is 0.238. The van der Waals surface area contributed by atoms with Gasteiger partial charge in [-0.25, -0.2) is 8.78 Å². The maximum Gasteiger partial charge on any atom is 0.263 e. The largest absolute Gasteiger partial charge is 0.334 e. The minimum absolute atomic E-state index is 0.0889. The lowest BCUT2D eigenvalue weighted by molar-refractivity contribution is -0.883. The summed E-state index contributed by atoms with van der Waals surface area (Å²) in [5, 5.41) is 0.847. The Labute approximate surface area is 160 Å². The number of halogens is 2. The van der Waals surface area contributed by atoms with Crippen molar-refractivity contribution >= 4 is 16.7 Å². The molecule has 1 saturated heterocycles. The van der Waals surface area contributed by atoms with E-state index in [0.717, 1.165) is 29.8 Å². The number of nitrogens with zero attached hydrogens (tertiary/aromatic N) is 2. The van der Waals surface area contributed by atoms with Crippen LogP contribution < -0.4 is 10.5 Å². The maximum atomic E-state index is 14.3. The molecule has 144 valence electrons. The molecule has 1 aliphatic heterocycles. The highest BCUT2D eigenvalue weighted by atomic mass is 19.1. The third kappa shape index (κ3) is 3.18. The quantitative estimate of drug-likeness (QED) is 0.723. The third-order valence-electron chi connectivity index (χ3n) is 5.23. The van der Waals surface area contributed by atoms with Crippen molar-refractivity contribution in [3.63, 3.8) is 0 Å². The molecule has 2 aromatic carbocycles. The van der Waals surface area contributed by atoms with Crippen LogP contribution in [0.2, 0.25) is 0 Å². The summed E-state index contributed by atoms with van der Waals surface area (Å²) in [5.74, 6) is -1.79. The van der Waals surface area contributed by atoms with Crippen molar-refractivity contribution in [2.45, 2.75) is 0 Å². The summed E-state index contributed by atoms with van der Waals surface area (Å²) in [6.07, 6.45) is 1.37. The van der Waals surface area contributed by atoms with Crippen molar-refractivity contribution in [2.75, 3.05) is 33.2 Å². The second-order valence-electron chi connectivity index (χ2n) is 7.11. The van der Waals surface area contributed by atoms with Gasteiger partial charge in [0.2, 0.25) is 0 Å². The minimum atomic E-state index is -0.862. The predicted octanol–water partition coefficient (Wildman–Crippen LogP) is 1.24. The van der Waals surface area contributed by atoms with Gasteiger partial charge in [-0.05, 0) is 18.2 Å². The Morgan fingerprint density at radius 1 is 1.04 bits per heavy atom. The minimum Gasteiger partial charge on any atom is -0.334 e. The molecule has 1 amide bonds. The monoisotopic (exact) mass is 384 g/mol. The van der Waals surface area contributed by atoms with Gasteiger partial charge in [-0.15, -0.1) is 0 Å². The molecule has 1 aliphatic rings. The molecule has 0 bridgehead atoms. The Kier molecular flexibility index (Phi) is 4.68. The van der Waals surface area contributed by atoms with Gasteiger partial charge in [-0.2, -0.15) is 0 Å². The normalized spacial score (nSPS) is 15.2. The molecule has 2 heterocycles. The van der Waals surface area contributed by atoms with E-state index in [1.165, 1.54) is 17.2 Å². The van der Waals surface area contributed by atoms with E-state index < -0.39 is 17.2 Å². The number of likely N-dealkylation sites (N-methyl/N-ethyl adjacent to an activating group) is 1. The summed E-state index contributed by atoms with van der Waals surface area (Å²) in [7, 11) is 2.08. The van der Waals surface area contributed by atoms with Gasteiger partial charge in [0.05, 0.1) is 44.5 Å². The van der Waals surface area contributed by atoms with Crippen LogP contribution in [0.4, 0.5) is 8.78 Å². The summed E-state index contributed by atoms with van der Waals surface area (Å²) in [6.45, 7) is 2.91. The fourth-order valence-corrected chi connectivity index (χ4v) is 3.58. The highest BCUT2D eigenvalue weighted by Crippen LogP contribution is 2.21. The Morgan fingerprint density at radius 2 is 1.71 bits per heavy atom. The molecule has 28 heavy (non-hydrogen) atoms. The second-order valence-corrected chi connectivity index (χ2v) is 7.11. The highest BCUT2D eigenvalue weighted by Gasteiger charge is 2.25.